The highest BCUT2D eigenvalue weighted by atomic mass is 32.2. The van der Waals surface area contributed by atoms with Crippen LogP contribution >= 0.6 is 11.3 Å². The fourth-order valence-electron chi connectivity index (χ4n) is 0.902. The molecule has 0 unspecified atom stereocenters. The number of nitrogens with one attached hydrogen (secondary N) is 2. The predicted molar refractivity (Wildman–Crippen MR) is 50.5 cm³/mol. The lowest BCUT2D eigenvalue weighted by Crippen LogP contribution is -2.22. The van der Waals surface area contributed by atoms with E-state index in [1.807, 2.05) is 0 Å². The van der Waals surface area contributed by atoms with Crippen molar-refractivity contribution in [2.45, 2.75) is 18.1 Å². The fourth-order valence-corrected chi connectivity index (χ4v) is 3.29. The van der Waals surface area contributed by atoms with E-state index in [0.717, 1.165) is 0 Å². The quantitative estimate of drug-likeness (QED) is 0.758. The van der Waals surface area contributed by atoms with Gasteiger partial charge < -0.3 is 4.98 Å². The Bertz CT molecular complexity index is 443. The summed E-state index contributed by atoms with van der Waals surface area (Å²) in [5.74, 6) is 0. The molecule has 2 N–H and O–H groups in total. The molecule has 0 radical (unpaired) electrons. The van der Waals surface area contributed by atoms with Crippen molar-refractivity contribution < 1.29 is 8.42 Å². The summed E-state index contributed by atoms with van der Waals surface area (Å²) < 4.78 is 25.2. The summed E-state index contributed by atoms with van der Waals surface area (Å²) in [5.41, 5.74) is 0.385. The van der Waals surface area contributed by atoms with Crippen molar-refractivity contribution in [3.05, 3.63) is 15.4 Å². The Morgan fingerprint density at radius 3 is 2.54 bits per heavy atom. The highest BCUT2D eigenvalue weighted by molar-refractivity contribution is 7.91. The molecule has 13 heavy (non-hydrogen) atoms. The largest absolute Gasteiger partial charge is 0.315 e. The van der Waals surface area contributed by atoms with Crippen LogP contribution in [0.3, 0.4) is 0 Å². The molecular weight excluding hydrogens is 212 g/mol. The molecule has 5 nitrogen and oxygen atoms in total. The minimum atomic E-state index is -3.48. The molecule has 0 aliphatic carbocycles. The van der Waals surface area contributed by atoms with Crippen LogP contribution in [0.2, 0.25) is 0 Å². The molecule has 0 aliphatic heterocycles. The van der Waals surface area contributed by atoms with Crippen molar-refractivity contribution in [2.24, 2.45) is 0 Å². The summed E-state index contributed by atoms with van der Waals surface area (Å²) in [5, 5.41) is 0. The SMILES string of the molecule is CCNS(=O)(=O)c1sc(=O)[nH]c1C. The first-order valence-corrected chi connectivity index (χ1v) is 5.96. The molecule has 1 heterocycles. The van der Waals surface area contributed by atoms with E-state index >= 15 is 0 Å². The van der Waals surface area contributed by atoms with Gasteiger partial charge in [0.25, 0.3) is 10.0 Å². The fraction of sp³-hybridized carbons (Fsp3) is 0.500. The molecule has 0 saturated carbocycles. The minimum Gasteiger partial charge on any atom is -0.315 e. The highest BCUT2D eigenvalue weighted by Crippen LogP contribution is 2.14. The van der Waals surface area contributed by atoms with Crippen molar-refractivity contribution in [1.29, 1.82) is 0 Å². The average molecular weight is 222 g/mol. The van der Waals surface area contributed by atoms with Crippen LogP contribution in [-0.2, 0) is 10.0 Å². The van der Waals surface area contributed by atoms with E-state index in [-0.39, 0.29) is 9.08 Å². The molecule has 0 amide bonds. The van der Waals surface area contributed by atoms with Crippen molar-refractivity contribution >= 4 is 21.4 Å². The third kappa shape index (κ3) is 2.17. The van der Waals surface area contributed by atoms with E-state index in [9.17, 15) is 13.2 Å². The third-order valence-electron chi connectivity index (χ3n) is 1.36. The number of aromatic nitrogens is 1. The van der Waals surface area contributed by atoms with E-state index < -0.39 is 10.0 Å². The van der Waals surface area contributed by atoms with E-state index in [1.165, 1.54) is 0 Å². The number of aromatic amines is 1. The topological polar surface area (TPSA) is 79.0 Å². The van der Waals surface area contributed by atoms with Gasteiger partial charge in [-0.1, -0.05) is 18.3 Å². The smallest absolute Gasteiger partial charge is 0.305 e. The Morgan fingerprint density at radius 2 is 2.15 bits per heavy atom. The lowest BCUT2D eigenvalue weighted by molar-refractivity contribution is 0.585. The molecule has 7 heteroatoms. The van der Waals surface area contributed by atoms with E-state index in [1.54, 1.807) is 13.8 Å². The summed E-state index contributed by atoms with van der Waals surface area (Å²) >= 11 is 0.700. The predicted octanol–water partition coefficient (Wildman–Crippen LogP) is 0.0430. The molecule has 0 bridgehead atoms. The monoisotopic (exact) mass is 222 g/mol. The van der Waals surface area contributed by atoms with Crippen LogP contribution in [0.25, 0.3) is 0 Å². The number of H-pyrrole nitrogens is 1. The van der Waals surface area contributed by atoms with Gasteiger partial charge in [-0.05, 0) is 6.92 Å². The Balaban J connectivity index is 3.22. The summed E-state index contributed by atoms with van der Waals surface area (Å²) in [7, 11) is -3.48. The maximum Gasteiger partial charge on any atom is 0.305 e. The number of aryl methyl sites for hydroxylation is 1. The van der Waals surface area contributed by atoms with E-state index in [2.05, 4.69) is 9.71 Å². The maximum atomic E-state index is 11.4. The summed E-state index contributed by atoms with van der Waals surface area (Å²) in [4.78, 5) is 12.9. The molecule has 0 fully saturated rings. The summed E-state index contributed by atoms with van der Waals surface area (Å²) in [6.07, 6.45) is 0. The van der Waals surface area contributed by atoms with Crippen LogP contribution < -0.4 is 9.60 Å². The molecule has 0 saturated heterocycles. The summed E-state index contributed by atoms with van der Waals surface area (Å²) in [6.45, 7) is 3.55. The molecule has 1 aromatic rings. The second-order valence-corrected chi connectivity index (χ2v) is 5.37. The second-order valence-electron chi connectivity index (χ2n) is 2.43. The third-order valence-corrected chi connectivity index (χ3v) is 4.51. The lowest BCUT2D eigenvalue weighted by atomic mass is 10.6. The van der Waals surface area contributed by atoms with Crippen molar-refractivity contribution in [3.63, 3.8) is 0 Å². The molecule has 1 aromatic heterocycles. The van der Waals surface area contributed by atoms with Crippen LogP contribution in [0.15, 0.2) is 9.00 Å². The van der Waals surface area contributed by atoms with Crippen LogP contribution in [0.1, 0.15) is 12.6 Å². The van der Waals surface area contributed by atoms with E-state index in [4.69, 9.17) is 0 Å². The summed E-state index contributed by atoms with van der Waals surface area (Å²) in [6, 6.07) is 0. The first kappa shape index (κ1) is 10.4. The molecule has 74 valence electrons. The van der Waals surface area contributed by atoms with Crippen molar-refractivity contribution in [2.75, 3.05) is 6.54 Å². The van der Waals surface area contributed by atoms with Gasteiger partial charge in [0.15, 0.2) is 4.21 Å². The molecule has 1 rings (SSSR count). The number of hydrogen-bond acceptors (Lipinski definition) is 4. The second kappa shape index (κ2) is 3.60. The number of rotatable bonds is 3. The van der Waals surface area contributed by atoms with Gasteiger partial charge >= 0.3 is 4.87 Å². The highest BCUT2D eigenvalue weighted by Gasteiger charge is 2.18. The normalized spacial score (nSPS) is 11.8. The Hall–Kier alpha value is -0.660. The zero-order chi connectivity index (χ0) is 10.1. The standard InChI is InChI=1S/C6H10N2O3S2/c1-3-7-13(10,11)5-4(2)8-6(9)12-5/h7H,3H2,1-2H3,(H,8,9). The molecule has 0 aliphatic rings. The van der Waals surface area contributed by atoms with Gasteiger partial charge in [0.05, 0.1) is 0 Å². The molecule has 0 spiro atoms. The number of thiazole rings is 1. The Labute approximate surface area is 79.9 Å². The van der Waals surface area contributed by atoms with Gasteiger partial charge in [0, 0.05) is 12.2 Å². The van der Waals surface area contributed by atoms with Crippen molar-refractivity contribution in [1.82, 2.24) is 9.71 Å². The van der Waals surface area contributed by atoms with Gasteiger partial charge in [0.2, 0.25) is 0 Å². The zero-order valence-corrected chi connectivity index (χ0v) is 8.88. The Kier molecular flexibility index (Phi) is 2.89. The first-order valence-electron chi connectivity index (χ1n) is 3.66. The van der Waals surface area contributed by atoms with Crippen LogP contribution in [0.5, 0.6) is 0 Å². The lowest BCUT2D eigenvalue weighted by Gasteiger charge is -2.00. The molecule has 0 aromatic carbocycles. The Morgan fingerprint density at radius 1 is 1.54 bits per heavy atom. The minimum absolute atomic E-state index is 0.0688. The van der Waals surface area contributed by atoms with Crippen LogP contribution in [0, 0.1) is 6.92 Å². The first-order chi connectivity index (χ1) is 5.97. The average Bonchev–Trinajstić information content (AvgIpc) is 2.30. The van der Waals surface area contributed by atoms with Gasteiger partial charge in [-0.2, -0.15) is 0 Å². The van der Waals surface area contributed by atoms with Gasteiger partial charge in [0.1, 0.15) is 0 Å². The zero-order valence-electron chi connectivity index (χ0n) is 7.25. The number of hydrogen-bond donors (Lipinski definition) is 2. The van der Waals surface area contributed by atoms with Crippen molar-refractivity contribution in [3.8, 4) is 0 Å². The van der Waals surface area contributed by atoms with Gasteiger partial charge in [-0.15, -0.1) is 0 Å². The van der Waals surface area contributed by atoms with Crippen LogP contribution in [0.4, 0.5) is 0 Å². The van der Waals surface area contributed by atoms with Gasteiger partial charge in [-0.25, -0.2) is 13.1 Å². The van der Waals surface area contributed by atoms with Crippen LogP contribution in [-0.4, -0.2) is 19.9 Å². The van der Waals surface area contributed by atoms with E-state index in [0.29, 0.717) is 23.6 Å². The molecular formula is C6H10N2O3S2. The van der Waals surface area contributed by atoms with Gasteiger partial charge in [-0.3, -0.25) is 4.79 Å². The number of sulfonamides is 1. The maximum absolute atomic E-state index is 11.4. The molecule has 0 atom stereocenters.